The van der Waals surface area contributed by atoms with Gasteiger partial charge in [-0.15, -0.1) is 0 Å². The maximum Gasteiger partial charge on any atom is 0.188 e. The van der Waals surface area contributed by atoms with Crippen molar-refractivity contribution in [3.63, 3.8) is 0 Å². The van der Waals surface area contributed by atoms with Crippen molar-refractivity contribution in [1.82, 2.24) is 0 Å². The molecule has 1 aromatic heterocycles. The molecule has 0 spiro atoms. The van der Waals surface area contributed by atoms with E-state index in [0.717, 1.165) is 0 Å². The van der Waals surface area contributed by atoms with Gasteiger partial charge < -0.3 is 8.84 Å². The van der Waals surface area contributed by atoms with Gasteiger partial charge in [-0.3, -0.25) is 0 Å². The molecule has 0 aliphatic rings. The minimum absolute atomic E-state index is 0.517. The van der Waals surface area contributed by atoms with Crippen LogP contribution >= 0.6 is 0 Å². The molecule has 0 N–H and O–H groups in total. The maximum absolute atomic E-state index is 5.85. The molecule has 2 nitrogen and oxygen atoms in total. The molecule has 88 valence electrons. The van der Waals surface area contributed by atoms with Gasteiger partial charge in [0.05, 0.1) is 12.9 Å². The Bertz CT molecular complexity index is 344. The van der Waals surface area contributed by atoms with Crippen LogP contribution in [-0.2, 0) is 4.43 Å². The number of hydrogen-bond donors (Lipinski definition) is 0. The topological polar surface area (TPSA) is 22.4 Å². The fourth-order valence-corrected chi connectivity index (χ4v) is 3.19. The van der Waals surface area contributed by atoms with E-state index in [1.54, 1.807) is 6.26 Å². The van der Waals surface area contributed by atoms with E-state index in [4.69, 9.17) is 8.84 Å². The van der Waals surface area contributed by atoms with Crippen molar-refractivity contribution in [2.45, 2.75) is 38.9 Å². The van der Waals surface area contributed by atoms with Crippen LogP contribution in [0.4, 0.5) is 0 Å². The molecule has 0 unspecified atom stereocenters. The molecule has 0 fully saturated rings. The van der Waals surface area contributed by atoms with Crippen molar-refractivity contribution in [3.05, 3.63) is 24.2 Å². The van der Waals surface area contributed by atoms with E-state index in [9.17, 15) is 0 Å². The first-order valence-corrected chi connectivity index (χ1v) is 8.92. The van der Waals surface area contributed by atoms with Crippen molar-refractivity contribution in [2.24, 2.45) is 0 Å². The third-order valence-electron chi connectivity index (χ3n) is 2.40. The second kappa shape index (κ2) is 6.57. The molecule has 0 saturated carbocycles. The highest BCUT2D eigenvalue weighted by Gasteiger charge is 2.20. The molecule has 0 aliphatic carbocycles. The molecular formula is C13H20O2Si. The van der Waals surface area contributed by atoms with Crippen molar-refractivity contribution in [2.75, 3.05) is 6.61 Å². The summed E-state index contributed by atoms with van der Waals surface area (Å²) in [7, 11) is -1.48. The summed E-state index contributed by atoms with van der Waals surface area (Å²) in [4.78, 5) is 0. The lowest BCUT2D eigenvalue weighted by molar-refractivity contribution is 0.357. The summed E-state index contributed by atoms with van der Waals surface area (Å²) in [5.41, 5.74) is 0. The first kappa shape index (κ1) is 13.1. The quantitative estimate of drug-likeness (QED) is 0.575. The highest BCUT2D eigenvalue weighted by atomic mass is 28.4. The Morgan fingerprint density at radius 1 is 1.44 bits per heavy atom. The SMILES string of the molecule is CCCC[Si](C)(C)OCC#Cc1ccco1. The maximum atomic E-state index is 5.85. The second-order valence-corrected chi connectivity index (χ2v) is 8.74. The summed E-state index contributed by atoms with van der Waals surface area (Å²) in [6.07, 6.45) is 4.12. The molecule has 0 aliphatic heterocycles. The summed E-state index contributed by atoms with van der Waals surface area (Å²) in [5, 5.41) is 0. The molecule has 16 heavy (non-hydrogen) atoms. The van der Waals surface area contributed by atoms with Crippen LogP contribution in [0, 0.1) is 11.8 Å². The number of hydrogen-bond acceptors (Lipinski definition) is 2. The van der Waals surface area contributed by atoms with Gasteiger partial charge in [0, 0.05) is 0 Å². The molecule has 1 rings (SSSR count). The Hall–Kier alpha value is -0.983. The van der Waals surface area contributed by atoms with Crippen LogP contribution in [0.1, 0.15) is 25.5 Å². The monoisotopic (exact) mass is 236 g/mol. The van der Waals surface area contributed by atoms with Gasteiger partial charge in [0.1, 0.15) is 0 Å². The smallest absolute Gasteiger partial charge is 0.188 e. The minimum atomic E-state index is -1.48. The van der Waals surface area contributed by atoms with Crippen molar-refractivity contribution in [3.8, 4) is 11.8 Å². The minimum Gasteiger partial charge on any atom is -0.456 e. The molecule has 0 saturated heterocycles. The third kappa shape index (κ3) is 5.20. The fraction of sp³-hybridized carbons (Fsp3) is 0.538. The Morgan fingerprint density at radius 3 is 2.88 bits per heavy atom. The van der Waals surface area contributed by atoms with Gasteiger partial charge >= 0.3 is 0 Å². The lowest BCUT2D eigenvalue weighted by Gasteiger charge is -2.20. The Balaban J connectivity index is 2.29. The number of rotatable bonds is 5. The molecule has 1 aromatic rings. The van der Waals surface area contributed by atoms with Gasteiger partial charge in [-0.2, -0.15) is 0 Å². The van der Waals surface area contributed by atoms with Crippen LogP contribution in [0.5, 0.6) is 0 Å². The van der Waals surface area contributed by atoms with Gasteiger partial charge in [0.15, 0.2) is 14.1 Å². The molecule has 3 heteroatoms. The van der Waals surface area contributed by atoms with Crippen LogP contribution < -0.4 is 0 Å². The van der Waals surface area contributed by atoms with Crippen molar-refractivity contribution < 1.29 is 8.84 Å². The largest absolute Gasteiger partial charge is 0.456 e. The van der Waals surface area contributed by atoms with E-state index in [0.29, 0.717) is 12.4 Å². The lowest BCUT2D eigenvalue weighted by atomic mass is 10.4. The predicted molar refractivity (Wildman–Crippen MR) is 68.7 cm³/mol. The normalized spacial score (nSPS) is 10.9. The van der Waals surface area contributed by atoms with Crippen LogP contribution in [0.25, 0.3) is 0 Å². The zero-order valence-electron chi connectivity index (χ0n) is 10.4. The molecule has 1 heterocycles. The highest BCUT2D eigenvalue weighted by Crippen LogP contribution is 2.14. The van der Waals surface area contributed by atoms with Crippen molar-refractivity contribution in [1.29, 1.82) is 0 Å². The van der Waals surface area contributed by atoms with E-state index in [-0.39, 0.29) is 0 Å². The van der Waals surface area contributed by atoms with Gasteiger partial charge in [0.2, 0.25) is 0 Å². The van der Waals surface area contributed by atoms with E-state index in [1.807, 2.05) is 12.1 Å². The first-order valence-electron chi connectivity index (χ1n) is 5.80. The summed E-state index contributed by atoms with van der Waals surface area (Å²) in [6, 6.07) is 4.91. The Labute approximate surface area is 99.1 Å². The van der Waals surface area contributed by atoms with Crippen molar-refractivity contribution >= 4 is 8.32 Å². The Morgan fingerprint density at radius 2 is 2.25 bits per heavy atom. The number of furan rings is 1. The molecular weight excluding hydrogens is 216 g/mol. The highest BCUT2D eigenvalue weighted by molar-refractivity contribution is 6.71. The number of unbranched alkanes of at least 4 members (excludes halogenated alkanes) is 1. The van der Waals surface area contributed by atoms with Crippen LogP contribution in [0.2, 0.25) is 19.1 Å². The average Bonchev–Trinajstić information content (AvgIpc) is 2.75. The van der Waals surface area contributed by atoms with E-state index < -0.39 is 8.32 Å². The fourth-order valence-electron chi connectivity index (χ4n) is 1.38. The first-order chi connectivity index (χ1) is 7.64. The van der Waals surface area contributed by atoms with E-state index in [1.165, 1.54) is 18.9 Å². The molecule has 0 aromatic carbocycles. The van der Waals surface area contributed by atoms with Crippen LogP contribution in [0.15, 0.2) is 22.8 Å². The zero-order valence-corrected chi connectivity index (χ0v) is 11.4. The lowest BCUT2D eigenvalue weighted by Crippen LogP contribution is -2.30. The summed E-state index contributed by atoms with van der Waals surface area (Å²) >= 11 is 0. The predicted octanol–water partition coefficient (Wildman–Crippen LogP) is 3.65. The third-order valence-corrected chi connectivity index (χ3v) is 4.88. The summed E-state index contributed by atoms with van der Waals surface area (Å²) in [5.74, 6) is 6.63. The molecule has 0 atom stereocenters. The molecule has 0 bridgehead atoms. The van der Waals surface area contributed by atoms with Gasteiger partial charge in [-0.05, 0) is 37.2 Å². The van der Waals surface area contributed by atoms with Gasteiger partial charge in [-0.25, -0.2) is 0 Å². The standard InChI is InChI=1S/C13H20O2Si/c1-4-5-12-16(2,3)15-11-7-9-13-8-6-10-14-13/h6,8,10H,4-5,11-12H2,1-3H3. The Kier molecular flexibility index (Phi) is 5.37. The van der Waals surface area contributed by atoms with Gasteiger partial charge in [-0.1, -0.05) is 25.7 Å². The summed E-state index contributed by atoms with van der Waals surface area (Å²) < 4.78 is 11.0. The average molecular weight is 236 g/mol. The zero-order chi connectivity index (χ0) is 11.9. The van der Waals surface area contributed by atoms with Crippen LogP contribution in [-0.4, -0.2) is 14.9 Å². The second-order valence-electron chi connectivity index (χ2n) is 4.43. The van der Waals surface area contributed by atoms with E-state index >= 15 is 0 Å². The van der Waals surface area contributed by atoms with E-state index in [2.05, 4.69) is 31.9 Å². The summed E-state index contributed by atoms with van der Waals surface area (Å²) in [6.45, 7) is 7.22. The van der Waals surface area contributed by atoms with Gasteiger partial charge in [0.25, 0.3) is 0 Å². The van der Waals surface area contributed by atoms with Crippen LogP contribution in [0.3, 0.4) is 0 Å². The molecule has 0 amide bonds. The molecule has 0 radical (unpaired) electrons.